The van der Waals surface area contributed by atoms with Gasteiger partial charge in [-0.25, -0.2) is 8.42 Å². The Bertz CT molecular complexity index is 1080. The van der Waals surface area contributed by atoms with Gasteiger partial charge in [-0.2, -0.15) is 4.31 Å². The molecule has 3 aromatic rings. The average Bonchev–Trinajstić information content (AvgIpc) is 2.71. The molecule has 0 radical (unpaired) electrons. The van der Waals surface area contributed by atoms with Crippen LogP contribution in [-0.4, -0.2) is 31.7 Å². The molecule has 0 spiro atoms. The molecule has 6 heteroatoms. The molecule has 28 heavy (non-hydrogen) atoms. The number of hydrogen-bond acceptors (Lipinski definition) is 3. The lowest BCUT2D eigenvalue weighted by Gasteiger charge is -2.20. The molecule has 0 bridgehead atoms. The van der Waals surface area contributed by atoms with Crippen LogP contribution in [0.15, 0.2) is 71.6 Å². The summed E-state index contributed by atoms with van der Waals surface area (Å²) in [6, 6.07) is 20.4. The van der Waals surface area contributed by atoms with Crippen molar-refractivity contribution in [3.63, 3.8) is 0 Å². The van der Waals surface area contributed by atoms with Gasteiger partial charge in [0.1, 0.15) is 0 Å². The molecular formula is C22H24N2O3S. The summed E-state index contributed by atoms with van der Waals surface area (Å²) in [7, 11) is -3.75. The van der Waals surface area contributed by atoms with Crippen molar-refractivity contribution in [3.8, 4) is 0 Å². The van der Waals surface area contributed by atoms with Crippen LogP contribution in [0.3, 0.4) is 0 Å². The summed E-state index contributed by atoms with van der Waals surface area (Å²) in [6.07, 6.45) is 0. The Hall–Kier alpha value is -2.70. The first-order valence-corrected chi connectivity index (χ1v) is 10.7. The molecule has 5 nitrogen and oxygen atoms in total. The summed E-state index contributed by atoms with van der Waals surface area (Å²) in [6.45, 7) is 4.10. The number of nitrogens with one attached hydrogen (secondary N) is 1. The first-order valence-electron chi connectivity index (χ1n) is 9.21. The van der Waals surface area contributed by atoms with Crippen LogP contribution in [0.5, 0.6) is 0 Å². The molecule has 146 valence electrons. The molecule has 0 aliphatic carbocycles. The number of hydrogen-bond donors (Lipinski definition) is 1. The zero-order chi connectivity index (χ0) is 20.1. The molecule has 1 N–H and O–H groups in total. The quantitative estimate of drug-likeness (QED) is 0.665. The predicted octanol–water partition coefficient (Wildman–Crippen LogP) is 3.48. The molecule has 0 saturated carbocycles. The van der Waals surface area contributed by atoms with Crippen LogP contribution in [0.25, 0.3) is 10.8 Å². The second-order valence-electron chi connectivity index (χ2n) is 6.70. The van der Waals surface area contributed by atoms with Gasteiger partial charge >= 0.3 is 0 Å². The lowest BCUT2D eigenvalue weighted by atomic mass is 10.1. The highest BCUT2D eigenvalue weighted by atomic mass is 32.2. The minimum Gasteiger partial charge on any atom is -0.351 e. The van der Waals surface area contributed by atoms with Crippen LogP contribution >= 0.6 is 0 Å². The Morgan fingerprint density at radius 1 is 0.964 bits per heavy atom. The summed E-state index contributed by atoms with van der Waals surface area (Å²) < 4.78 is 27.2. The van der Waals surface area contributed by atoms with E-state index in [1.807, 2.05) is 55.5 Å². The molecule has 0 heterocycles. The molecule has 0 atom stereocenters. The van der Waals surface area contributed by atoms with Gasteiger partial charge in [0.05, 0.1) is 11.4 Å². The molecule has 3 rings (SSSR count). The average molecular weight is 397 g/mol. The van der Waals surface area contributed by atoms with Crippen molar-refractivity contribution in [2.24, 2.45) is 0 Å². The van der Waals surface area contributed by atoms with Gasteiger partial charge in [-0.1, -0.05) is 67.1 Å². The molecular weight excluding hydrogens is 372 g/mol. The number of fused-ring (bicyclic) bond motifs is 1. The summed E-state index contributed by atoms with van der Waals surface area (Å²) in [5.41, 5.74) is 2.12. The monoisotopic (exact) mass is 396 g/mol. The number of carbonyl (C=O) groups excluding carboxylic acids is 1. The maximum Gasteiger partial charge on any atom is 0.243 e. The number of sulfonamides is 1. The Morgan fingerprint density at radius 2 is 1.64 bits per heavy atom. The van der Waals surface area contributed by atoms with E-state index in [9.17, 15) is 13.2 Å². The van der Waals surface area contributed by atoms with Crippen molar-refractivity contribution < 1.29 is 13.2 Å². The highest BCUT2D eigenvalue weighted by Gasteiger charge is 2.25. The van der Waals surface area contributed by atoms with Gasteiger partial charge in [0.2, 0.25) is 15.9 Å². The number of likely N-dealkylation sites (N-methyl/N-ethyl adjacent to an activating group) is 1. The van der Waals surface area contributed by atoms with Crippen LogP contribution in [0.4, 0.5) is 0 Å². The molecule has 0 aromatic heterocycles. The van der Waals surface area contributed by atoms with Crippen molar-refractivity contribution in [2.75, 3.05) is 13.1 Å². The maximum absolute atomic E-state index is 13.0. The largest absolute Gasteiger partial charge is 0.351 e. The Balaban J connectivity index is 1.71. The number of nitrogens with zero attached hydrogens (tertiary/aromatic N) is 1. The van der Waals surface area contributed by atoms with Crippen LogP contribution in [0, 0.1) is 6.92 Å². The van der Waals surface area contributed by atoms with Gasteiger partial charge in [-0.15, -0.1) is 0 Å². The Kier molecular flexibility index (Phi) is 6.11. The smallest absolute Gasteiger partial charge is 0.243 e. The minimum absolute atomic E-state index is 0.194. The first kappa shape index (κ1) is 20.0. The maximum atomic E-state index is 13.0. The predicted molar refractivity (Wildman–Crippen MR) is 111 cm³/mol. The molecule has 0 aliphatic heterocycles. The number of rotatable bonds is 7. The van der Waals surface area contributed by atoms with E-state index in [1.165, 1.54) is 4.31 Å². The lowest BCUT2D eigenvalue weighted by Crippen LogP contribution is -2.40. The van der Waals surface area contributed by atoms with Crippen molar-refractivity contribution in [1.29, 1.82) is 0 Å². The van der Waals surface area contributed by atoms with Crippen molar-refractivity contribution in [2.45, 2.75) is 25.3 Å². The fraction of sp³-hybridized carbons (Fsp3) is 0.227. The molecule has 0 aliphatic rings. The fourth-order valence-corrected chi connectivity index (χ4v) is 4.41. The Labute approximate surface area is 166 Å². The topological polar surface area (TPSA) is 66.5 Å². The SMILES string of the molecule is CCN(CC(=O)NCc1ccc(C)cc1)S(=O)(=O)c1ccc2ccccc2c1. The van der Waals surface area contributed by atoms with Crippen LogP contribution < -0.4 is 5.32 Å². The fourth-order valence-electron chi connectivity index (χ4n) is 2.97. The van der Waals surface area contributed by atoms with Crippen molar-refractivity contribution in [3.05, 3.63) is 77.9 Å². The van der Waals surface area contributed by atoms with Gasteiger partial charge in [0, 0.05) is 13.1 Å². The summed E-state index contributed by atoms with van der Waals surface area (Å²) in [4.78, 5) is 12.5. The standard InChI is InChI=1S/C22H24N2O3S/c1-3-24(16-22(25)23-15-18-10-8-17(2)9-11-18)28(26,27)21-13-12-19-6-4-5-7-20(19)14-21/h4-14H,3,15-16H2,1-2H3,(H,23,25). The van der Waals surface area contributed by atoms with Crippen LogP contribution in [0.1, 0.15) is 18.1 Å². The highest BCUT2D eigenvalue weighted by molar-refractivity contribution is 7.89. The van der Waals surface area contributed by atoms with Gasteiger partial charge in [0.15, 0.2) is 0 Å². The van der Waals surface area contributed by atoms with E-state index in [-0.39, 0.29) is 23.9 Å². The summed E-state index contributed by atoms with van der Waals surface area (Å²) >= 11 is 0. The van der Waals surface area contributed by atoms with E-state index >= 15 is 0 Å². The van der Waals surface area contributed by atoms with Gasteiger partial charge < -0.3 is 5.32 Å². The minimum atomic E-state index is -3.75. The zero-order valence-corrected chi connectivity index (χ0v) is 16.9. The van der Waals surface area contributed by atoms with E-state index in [0.29, 0.717) is 6.54 Å². The summed E-state index contributed by atoms with van der Waals surface area (Å²) in [5.74, 6) is -0.327. The number of amides is 1. The van der Waals surface area contributed by atoms with Crippen molar-refractivity contribution >= 4 is 26.7 Å². The number of aryl methyl sites for hydroxylation is 1. The van der Waals surface area contributed by atoms with Crippen LogP contribution in [0.2, 0.25) is 0 Å². The molecule has 1 amide bonds. The summed E-state index contributed by atoms with van der Waals surface area (Å²) in [5, 5.41) is 4.61. The third-order valence-corrected chi connectivity index (χ3v) is 6.56. The number of carbonyl (C=O) groups is 1. The third-order valence-electron chi connectivity index (χ3n) is 4.64. The second kappa shape index (κ2) is 8.54. The second-order valence-corrected chi connectivity index (χ2v) is 8.64. The zero-order valence-electron chi connectivity index (χ0n) is 16.1. The lowest BCUT2D eigenvalue weighted by molar-refractivity contribution is -0.121. The normalized spacial score (nSPS) is 11.7. The van der Waals surface area contributed by atoms with E-state index in [4.69, 9.17) is 0 Å². The van der Waals surface area contributed by atoms with E-state index in [2.05, 4.69) is 5.32 Å². The van der Waals surface area contributed by atoms with Crippen LogP contribution in [-0.2, 0) is 21.4 Å². The molecule has 0 saturated heterocycles. The van der Waals surface area contributed by atoms with Gasteiger partial charge in [-0.05, 0) is 35.4 Å². The number of benzene rings is 3. The van der Waals surface area contributed by atoms with Crippen molar-refractivity contribution in [1.82, 2.24) is 9.62 Å². The first-order chi connectivity index (χ1) is 13.4. The Morgan fingerprint density at radius 3 is 2.32 bits per heavy atom. The molecule has 0 unspecified atom stereocenters. The van der Waals surface area contributed by atoms with E-state index < -0.39 is 10.0 Å². The highest BCUT2D eigenvalue weighted by Crippen LogP contribution is 2.21. The molecule has 0 fully saturated rings. The molecule has 3 aromatic carbocycles. The van der Waals surface area contributed by atoms with Gasteiger partial charge in [-0.3, -0.25) is 4.79 Å². The third kappa shape index (κ3) is 4.58. The van der Waals surface area contributed by atoms with E-state index in [0.717, 1.165) is 21.9 Å². The van der Waals surface area contributed by atoms with E-state index in [1.54, 1.807) is 25.1 Å². The van der Waals surface area contributed by atoms with Gasteiger partial charge in [0.25, 0.3) is 0 Å².